The smallest absolute Gasteiger partial charge is 0.262 e. The number of rotatable bonds is 5. The molecule has 1 fully saturated rings. The van der Waals surface area contributed by atoms with Crippen molar-refractivity contribution in [1.29, 1.82) is 5.26 Å². The fourth-order valence-corrected chi connectivity index (χ4v) is 3.93. The molecule has 3 rings (SSSR count). The summed E-state index contributed by atoms with van der Waals surface area (Å²) in [5.74, 6) is 0.116. The van der Waals surface area contributed by atoms with Gasteiger partial charge in [0.25, 0.3) is 5.91 Å². The van der Waals surface area contributed by atoms with Crippen LogP contribution in [0.15, 0.2) is 38.4 Å². The monoisotopic (exact) mass is 382 g/mol. The van der Waals surface area contributed by atoms with Gasteiger partial charge in [-0.2, -0.15) is 5.26 Å². The number of nitrogens with zero attached hydrogens (tertiary/aromatic N) is 3. The third-order valence-electron chi connectivity index (χ3n) is 4.35. The first-order valence-corrected chi connectivity index (χ1v) is 9.88. The molecule has 0 unspecified atom stereocenters. The van der Waals surface area contributed by atoms with Crippen LogP contribution in [0.3, 0.4) is 0 Å². The zero-order valence-electron chi connectivity index (χ0n) is 15.5. The van der Waals surface area contributed by atoms with Gasteiger partial charge in [-0.05, 0) is 56.7 Å². The molecule has 6 nitrogen and oxygen atoms in total. The van der Waals surface area contributed by atoms with Crippen molar-refractivity contribution < 1.29 is 9.21 Å². The minimum atomic E-state index is -0.340. The van der Waals surface area contributed by atoms with Crippen LogP contribution in [0.5, 0.6) is 0 Å². The standard InChI is InChI=1S/C20H22N4O2S/c1-13-10-14(2)23-20(22-13)27-18-9-8-17(26-18)11-15(12-21)19(25)24-16-6-4-3-5-7-16/h8-11,16H,3-7H2,1-2H3,(H,24,25)/b15-11+. The van der Waals surface area contributed by atoms with E-state index in [1.807, 2.05) is 26.0 Å². The second kappa shape index (κ2) is 8.87. The number of furan rings is 1. The van der Waals surface area contributed by atoms with Crippen LogP contribution in [-0.2, 0) is 4.79 Å². The molecule has 2 aromatic heterocycles. The fourth-order valence-electron chi connectivity index (χ4n) is 3.10. The number of aromatic nitrogens is 2. The Morgan fingerprint density at radius 3 is 2.63 bits per heavy atom. The van der Waals surface area contributed by atoms with Gasteiger partial charge in [0.05, 0.1) is 0 Å². The highest BCUT2D eigenvalue weighted by Crippen LogP contribution is 2.28. The highest BCUT2D eigenvalue weighted by atomic mass is 32.2. The number of hydrogen-bond donors (Lipinski definition) is 1. The molecule has 2 aromatic rings. The van der Waals surface area contributed by atoms with Crippen molar-refractivity contribution in [3.05, 3.63) is 40.9 Å². The van der Waals surface area contributed by atoms with Crippen molar-refractivity contribution in [3.63, 3.8) is 0 Å². The lowest BCUT2D eigenvalue weighted by Crippen LogP contribution is -2.36. The Bertz CT molecular complexity index is 871. The minimum absolute atomic E-state index is 0.0501. The number of aryl methyl sites for hydroxylation is 2. The molecule has 1 amide bonds. The number of carbonyl (C=O) groups excluding carboxylic acids is 1. The van der Waals surface area contributed by atoms with E-state index in [0.29, 0.717) is 16.0 Å². The summed E-state index contributed by atoms with van der Waals surface area (Å²) in [5, 5.41) is 13.5. The third kappa shape index (κ3) is 5.44. The summed E-state index contributed by atoms with van der Waals surface area (Å²) < 4.78 is 5.72. The van der Waals surface area contributed by atoms with Crippen LogP contribution in [0.4, 0.5) is 0 Å². The van der Waals surface area contributed by atoms with E-state index in [9.17, 15) is 10.1 Å². The maximum Gasteiger partial charge on any atom is 0.262 e. The summed E-state index contributed by atoms with van der Waals surface area (Å²) in [5.41, 5.74) is 1.83. The predicted molar refractivity (Wildman–Crippen MR) is 103 cm³/mol. The van der Waals surface area contributed by atoms with Gasteiger partial charge in [-0.25, -0.2) is 9.97 Å². The normalized spacial score (nSPS) is 15.4. The summed E-state index contributed by atoms with van der Waals surface area (Å²) in [4.78, 5) is 21.1. The Hall–Kier alpha value is -2.59. The van der Waals surface area contributed by atoms with Crippen molar-refractivity contribution in [2.24, 2.45) is 0 Å². The van der Waals surface area contributed by atoms with Crippen molar-refractivity contribution >= 4 is 23.7 Å². The third-order valence-corrected chi connectivity index (χ3v) is 5.13. The van der Waals surface area contributed by atoms with Gasteiger partial charge in [0.15, 0.2) is 10.2 Å². The van der Waals surface area contributed by atoms with Crippen molar-refractivity contribution in [1.82, 2.24) is 15.3 Å². The van der Waals surface area contributed by atoms with Crippen LogP contribution in [0.1, 0.15) is 49.3 Å². The minimum Gasteiger partial charge on any atom is -0.450 e. The molecule has 27 heavy (non-hydrogen) atoms. The van der Waals surface area contributed by atoms with Crippen LogP contribution in [0.2, 0.25) is 0 Å². The SMILES string of the molecule is Cc1cc(C)nc(Sc2ccc(/C=C(\C#N)C(=O)NC3CCCCC3)o2)n1. The van der Waals surface area contributed by atoms with Crippen LogP contribution < -0.4 is 5.32 Å². The maximum absolute atomic E-state index is 12.4. The van der Waals surface area contributed by atoms with Gasteiger partial charge in [0.2, 0.25) is 0 Å². The summed E-state index contributed by atoms with van der Waals surface area (Å²) in [6.07, 6.45) is 6.88. The molecular weight excluding hydrogens is 360 g/mol. The van der Waals surface area contributed by atoms with E-state index >= 15 is 0 Å². The topological polar surface area (TPSA) is 91.8 Å². The maximum atomic E-state index is 12.4. The highest BCUT2D eigenvalue weighted by Gasteiger charge is 2.18. The largest absolute Gasteiger partial charge is 0.450 e. The molecule has 140 valence electrons. The van der Waals surface area contributed by atoms with E-state index in [4.69, 9.17) is 4.42 Å². The van der Waals surface area contributed by atoms with Crippen molar-refractivity contribution in [2.75, 3.05) is 0 Å². The number of carbonyl (C=O) groups is 1. The Morgan fingerprint density at radius 1 is 1.26 bits per heavy atom. The molecule has 0 bridgehead atoms. The predicted octanol–water partition coefficient (Wildman–Crippen LogP) is 4.19. The summed E-state index contributed by atoms with van der Waals surface area (Å²) in [6, 6.07) is 7.55. The lowest BCUT2D eigenvalue weighted by atomic mass is 9.95. The van der Waals surface area contributed by atoms with Gasteiger partial charge in [0.1, 0.15) is 17.4 Å². The van der Waals surface area contributed by atoms with Crippen LogP contribution in [0, 0.1) is 25.2 Å². The molecule has 0 aromatic carbocycles. The summed E-state index contributed by atoms with van der Waals surface area (Å²) >= 11 is 1.31. The van der Waals surface area contributed by atoms with E-state index < -0.39 is 0 Å². The molecule has 0 radical (unpaired) electrons. The van der Waals surface area contributed by atoms with E-state index in [-0.39, 0.29) is 17.5 Å². The van der Waals surface area contributed by atoms with E-state index in [2.05, 4.69) is 15.3 Å². The molecule has 1 N–H and O–H groups in total. The van der Waals surface area contributed by atoms with Crippen LogP contribution >= 0.6 is 11.8 Å². The lowest BCUT2D eigenvalue weighted by Gasteiger charge is -2.22. The Balaban J connectivity index is 1.68. The average Bonchev–Trinajstić information content (AvgIpc) is 3.06. The molecule has 1 aliphatic rings. The molecule has 0 atom stereocenters. The zero-order valence-corrected chi connectivity index (χ0v) is 16.3. The molecule has 1 saturated carbocycles. The molecule has 0 spiro atoms. The van der Waals surface area contributed by atoms with Gasteiger partial charge < -0.3 is 9.73 Å². The highest BCUT2D eigenvalue weighted by molar-refractivity contribution is 7.99. The van der Waals surface area contributed by atoms with Gasteiger partial charge in [-0.15, -0.1) is 0 Å². The number of amides is 1. The Morgan fingerprint density at radius 2 is 1.96 bits per heavy atom. The first-order chi connectivity index (χ1) is 13.0. The molecule has 7 heteroatoms. The van der Waals surface area contributed by atoms with Gasteiger partial charge in [-0.1, -0.05) is 19.3 Å². The fraction of sp³-hybridized carbons (Fsp3) is 0.400. The Kier molecular flexibility index (Phi) is 6.30. The first kappa shape index (κ1) is 19.2. The molecule has 2 heterocycles. The number of nitriles is 1. The van der Waals surface area contributed by atoms with Gasteiger partial charge in [-0.3, -0.25) is 4.79 Å². The quantitative estimate of drug-likeness (QED) is 0.473. The average molecular weight is 382 g/mol. The van der Waals surface area contributed by atoms with Gasteiger partial charge in [0, 0.05) is 23.5 Å². The number of nitrogens with one attached hydrogen (secondary N) is 1. The lowest BCUT2D eigenvalue weighted by molar-refractivity contribution is -0.117. The second-order valence-corrected chi connectivity index (χ2v) is 7.64. The van der Waals surface area contributed by atoms with Crippen LogP contribution in [-0.4, -0.2) is 21.9 Å². The molecular formula is C20H22N4O2S. The van der Waals surface area contributed by atoms with Crippen molar-refractivity contribution in [3.8, 4) is 6.07 Å². The second-order valence-electron chi connectivity index (χ2n) is 6.67. The molecule has 0 saturated heterocycles. The molecule has 0 aliphatic heterocycles. The first-order valence-electron chi connectivity index (χ1n) is 9.06. The summed E-state index contributed by atoms with van der Waals surface area (Å²) in [7, 11) is 0. The number of hydrogen-bond acceptors (Lipinski definition) is 6. The molecule has 1 aliphatic carbocycles. The van der Waals surface area contributed by atoms with E-state index in [1.165, 1.54) is 24.3 Å². The van der Waals surface area contributed by atoms with E-state index in [1.54, 1.807) is 12.1 Å². The zero-order chi connectivity index (χ0) is 19.2. The van der Waals surface area contributed by atoms with Crippen LogP contribution in [0.25, 0.3) is 6.08 Å². The van der Waals surface area contributed by atoms with Crippen molar-refractivity contribution in [2.45, 2.75) is 62.2 Å². The van der Waals surface area contributed by atoms with E-state index in [0.717, 1.165) is 37.1 Å². The Labute approximate surface area is 163 Å². The summed E-state index contributed by atoms with van der Waals surface area (Å²) in [6.45, 7) is 3.83. The van der Waals surface area contributed by atoms with Gasteiger partial charge >= 0.3 is 0 Å².